The van der Waals surface area contributed by atoms with Gasteiger partial charge in [0.2, 0.25) is 0 Å². The van der Waals surface area contributed by atoms with Gasteiger partial charge in [0.05, 0.1) is 14.7 Å². The highest BCUT2D eigenvalue weighted by atomic mass is 79.9. The molecule has 1 heterocycles. The van der Waals surface area contributed by atoms with E-state index in [2.05, 4.69) is 38.3 Å². The maximum absolute atomic E-state index is 12.1. The van der Waals surface area contributed by atoms with Crippen molar-refractivity contribution in [3.05, 3.63) is 56.7 Å². The number of benzene rings is 1. The average molecular weight is 353 g/mol. The van der Waals surface area contributed by atoms with Crippen LogP contribution in [0, 0.1) is 0 Å². The van der Waals surface area contributed by atoms with E-state index >= 15 is 0 Å². The number of nitrogens with zero attached hydrogens (tertiary/aromatic N) is 1. The van der Waals surface area contributed by atoms with Gasteiger partial charge in [-0.05, 0) is 47.7 Å². The summed E-state index contributed by atoms with van der Waals surface area (Å²) in [5.74, 6) is -0.0246. The molecule has 0 fully saturated rings. The van der Waals surface area contributed by atoms with Crippen LogP contribution in [0.3, 0.4) is 0 Å². The molecule has 0 radical (unpaired) electrons. The lowest BCUT2D eigenvalue weighted by Gasteiger charge is -2.25. The summed E-state index contributed by atoms with van der Waals surface area (Å²) in [5.41, 5.74) is 1.20. The van der Waals surface area contributed by atoms with Gasteiger partial charge in [-0.15, -0.1) is 11.3 Å². The summed E-state index contributed by atoms with van der Waals surface area (Å²) in [6, 6.07) is 14.1. The summed E-state index contributed by atoms with van der Waals surface area (Å²) in [4.78, 5) is 14.9. The molecular formula is C15H17BrN2OS. The summed E-state index contributed by atoms with van der Waals surface area (Å²) < 4.78 is 0.967. The monoisotopic (exact) mass is 352 g/mol. The molecular weight excluding hydrogens is 336 g/mol. The second kappa shape index (κ2) is 7.02. The van der Waals surface area contributed by atoms with Crippen molar-refractivity contribution in [3.63, 3.8) is 0 Å². The molecule has 5 heteroatoms. The van der Waals surface area contributed by atoms with Crippen molar-refractivity contribution in [2.75, 3.05) is 20.6 Å². The number of thiophene rings is 1. The average Bonchev–Trinajstić information content (AvgIpc) is 2.86. The van der Waals surface area contributed by atoms with E-state index in [1.54, 1.807) is 0 Å². The number of halogens is 1. The number of hydrogen-bond donors (Lipinski definition) is 1. The lowest BCUT2D eigenvalue weighted by atomic mass is 10.1. The largest absolute Gasteiger partial charge is 0.349 e. The van der Waals surface area contributed by atoms with Crippen LogP contribution >= 0.6 is 27.3 Å². The molecule has 1 atom stereocenters. The molecule has 0 aliphatic carbocycles. The van der Waals surface area contributed by atoms with Crippen LogP contribution in [0.2, 0.25) is 0 Å². The summed E-state index contributed by atoms with van der Waals surface area (Å²) >= 11 is 4.81. The van der Waals surface area contributed by atoms with Gasteiger partial charge in [0, 0.05) is 6.54 Å². The third-order valence-corrected chi connectivity index (χ3v) is 4.68. The number of likely N-dealkylation sites (N-methyl/N-ethyl adjacent to an activating group) is 1. The van der Waals surface area contributed by atoms with Crippen LogP contribution in [0.15, 0.2) is 46.3 Å². The molecule has 2 rings (SSSR count). The molecule has 0 aliphatic heterocycles. The van der Waals surface area contributed by atoms with Crippen LogP contribution in [0.1, 0.15) is 21.3 Å². The van der Waals surface area contributed by atoms with E-state index in [9.17, 15) is 4.79 Å². The highest BCUT2D eigenvalue weighted by Gasteiger charge is 2.16. The Kier molecular flexibility index (Phi) is 5.34. The molecule has 0 spiro atoms. The number of carbonyl (C=O) groups is 1. The van der Waals surface area contributed by atoms with Gasteiger partial charge in [0.15, 0.2) is 0 Å². The lowest BCUT2D eigenvalue weighted by Crippen LogP contribution is -2.34. The predicted octanol–water partition coefficient (Wildman–Crippen LogP) is 3.54. The molecule has 0 bridgehead atoms. The molecule has 3 nitrogen and oxygen atoms in total. The first-order valence-electron chi connectivity index (χ1n) is 6.33. The molecule has 1 N–H and O–H groups in total. The van der Waals surface area contributed by atoms with E-state index in [4.69, 9.17) is 0 Å². The molecule has 20 heavy (non-hydrogen) atoms. The van der Waals surface area contributed by atoms with E-state index in [1.165, 1.54) is 16.9 Å². The van der Waals surface area contributed by atoms with Crippen molar-refractivity contribution in [2.45, 2.75) is 6.04 Å². The normalized spacial score (nSPS) is 12.4. The van der Waals surface area contributed by atoms with E-state index in [1.807, 2.05) is 44.4 Å². The van der Waals surface area contributed by atoms with Crippen molar-refractivity contribution in [3.8, 4) is 0 Å². The van der Waals surface area contributed by atoms with Gasteiger partial charge in [0.25, 0.3) is 5.91 Å². The first kappa shape index (κ1) is 15.2. The predicted molar refractivity (Wildman–Crippen MR) is 87.2 cm³/mol. The van der Waals surface area contributed by atoms with Crippen molar-refractivity contribution in [2.24, 2.45) is 0 Å². The third-order valence-electron chi connectivity index (χ3n) is 3.06. The first-order valence-corrected chi connectivity index (χ1v) is 7.94. The Hall–Kier alpha value is -1.17. The van der Waals surface area contributed by atoms with Crippen molar-refractivity contribution >= 4 is 33.2 Å². The fourth-order valence-electron chi connectivity index (χ4n) is 1.99. The minimum atomic E-state index is -0.0246. The molecule has 1 aromatic heterocycles. The smallest absolute Gasteiger partial charge is 0.261 e. The van der Waals surface area contributed by atoms with Crippen LogP contribution in [-0.2, 0) is 0 Å². The molecule has 2 aromatic rings. The second-order valence-corrected chi connectivity index (χ2v) is 7.17. The number of nitrogens with one attached hydrogen (secondary N) is 1. The Morgan fingerprint density at radius 3 is 2.50 bits per heavy atom. The number of rotatable bonds is 5. The van der Waals surface area contributed by atoms with Gasteiger partial charge in [0.1, 0.15) is 0 Å². The standard InChI is InChI=1S/C15H17BrN2OS/c1-18(2)12(11-6-4-3-5-7-11)10-17-15(19)13-8-9-14(16)20-13/h3-9,12H,10H2,1-2H3,(H,17,19). The van der Waals surface area contributed by atoms with Gasteiger partial charge in [-0.25, -0.2) is 0 Å². The van der Waals surface area contributed by atoms with Crippen molar-refractivity contribution < 1.29 is 4.79 Å². The van der Waals surface area contributed by atoms with E-state index in [0.717, 1.165) is 8.66 Å². The van der Waals surface area contributed by atoms with Gasteiger partial charge in [-0.2, -0.15) is 0 Å². The van der Waals surface area contributed by atoms with Crippen LogP contribution in [-0.4, -0.2) is 31.4 Å². The van der Waals surface area contributed by atoms with Crippen molar-refractivity contribution in [1.82, 2.24) is 10.2 Å². The third kappa shape index (κ3) is 3.91. The quantitative estimate of drug-likeness (QED) is 0.892. The number of carbonyl (C=O) groups excluding carboxylic acids is 1. The Bertz CT molecular complexity index is 568. The molecule has 1 unspecified atom stereocenters. The van der Waals surface area contributed by atoms with Gasteiger partial charge in [-0.3, -0.25) is 4.79 Å². The van der Waals surface area contributed by atoms with Crippen LogP contribution < -0.4 is 5.32 Å². The molecule has 0 aliphatic rings. The fraction of sp³-hybridized carbons (Fsp3) is 0.267. The first-order chi connectivity index (χ1) is 9.58. The Morgan fingerprint density at radius 2 is 1.95 bits per heavy atom. The molecule has 106 valence electrons. The van der Waals surface area contributed by atoms with Gasteiger partial charge >= 0.3 is 0 Å². The highest BCUT2D eigenvalue weighted by Crippen LogP contribution is 2.22. The Balaban J connectivity index is 2.01. The highest BCUT2D eigenvalue weighted by molar-refractivity contribution is 9.11. The van der Waals surface area contributed by atoms with E-state index < -0.39 is 0 Å². The van der Waals surface area contributed by atoms with Crippen LogP contribution in [0.4, 0.5) is 0 Å². The molecule has 0 saturated carbocycles. The van der Waals surface area contributed by atoms with Crippen molar-refractivity contribution in [1.29, 1.82) is 0 Å². The zero-order chi connectivity index (χ0) is 14.5. The summed E-state index contributed by atoms with van der Waals surface area (Å²) in [7, 11) is 4.04. The lowest BCUT2D eigenvalue weighted by molar-refractivity contribution is 0.0946. The maximum atomic E-state index is 12.1. The Morgan fingerprint density at radius 1 is 1.25 bits per heavy atom. The minimum absolute atomic E-state index is 0.0246. The summed E-state index contributed by atoms with van der Waals surface area (Å²) in [6.07, 6.45) is 0. The van der Waals surface area contributed by atoms with E-state index in [0.29, 0.717) is 6.54 Å². The fourth-order valence-corrected chi connectivity index (χ4v) is 3.29. The SMILES string of the molecule is CN(C)C(CNC(=O)c1ccc(Br)s1)c1ccccc1. The molecule has 0 saturated heterocycles. The minimum Gasteiger partial charge on any atom is -0.349 e. The molecule has 1 aromatic carbocycles. The maximum Gasteiger partial charge on any atom is 0.261 e. The zero-order valence-corrected chi connectivity index (χ0v) is 13.9. The second-order valence-electron chi connectivity index (χ2n) is 4.70. The number of hydrogen-bond acceptors (Lipinski definition) is 3. The zero-order valence-electron chi connectivity index (χ0n) is 11.5. The van der Waals surface area contributed by atoms with Gasteiger partial charge in [-0.1, -0.05) is 30.3 Å². The summed E-state index contributed by atoms with van der Waals surface area (Å²) in [5, 5.41) is 3.00. The summed E-state index contributed by atoms with van der Waals surface area (Å²) in [6.45, 7) is 0.589. The van der Waals surface area contributed by atoms with Crippen LogP contribution in [0.25, 0.3) is 0 Å². The molecule has 1 amide bonds. The number of amides is 1. The van der Waals surface area contributed by atoms with Gasteiger partial charge < -0.3 is 10.2 Å². The van der Waals surface area contributed by atoms with E-state index in [-0.39, 0.29) is 11.9 Å². The topological polar surface area (TPSA) is 32.3 Å². The Labute approximate surface area is 131 Å². The van der Waals surface area contributed by atoms with Crippen LogP contribution in [0.5, 0.6) is 0 Å².